The highest BCUT2D eigenvalue weighted by Crippen LogP contribution is 2.09. The minimum absolute atomic E-state index is 0.0663. The molecule has 0 fully saturated rings. The van der Waals surface area contributed by atoms with Crippen LogP contribution in [0, 0.1) is 0 Å². The van der Waals surface area contributed by atoms with Gasteiger partial charge in [-0.05, 0) is 43.2 Å². The number of hydrogen-bond acceptors (Lipinski definition) is 4. The van der Waals surface area contributed by atoms with E-state index in [0.29, 0.717) is 32.4 Å². The molecular formula is C18H29NO5S. The number of ether oxygens (including phenoxy) is 1. The first-order valence-corrected chi connectivity index (χ1v) is 10.4. The van der Waals surface area contributed by atoms with E-state index < -0.39 is 16.0 Å². The standard InChI is InChI=1S/C18H29NO5S/c1-2-3-6-16-7-9-17(10-8-16)11-14-25(22,23)19-12-4-5-13-24-15-18(20)21/h7-10,19H,2-6,11-15H2,1H3,(H,20,21). The van der Waals surface area contributed by atoms with E-state index in [1.807, 2.05) is 12.1 Å². The summed E-state index contributed by atoms with van der Waals surface area (Å²) in [4.78, 5) is 10.3. The molecule has 0 aliphatic carbocycles. The quantitative estimate of drug-likeness (QED) is 0.490. The predicted molar refractivity (Wildman–Crippen MR) is 98.2 cm³/mol. The van der Waals surface area contributed by atoms with Crippen LogP contribution < -0.4 is 4.72 Å². The summed E-state index contributed by atoms with van der Waals surface area (Å²) in [6, 6.07) is 8.14. The topological polar surface area (TPSA) is 92.7 Å². The number of rotatable bonds is 14. The molecule has 0 spiro atoms. The van der Waals surface area contributed by atoms with Crippen LogP contribution in [0.1, 0.15) is 43.7 Å². The number of benzene rings is 1. The molecule has 6 nitrogen and oxygen atoms in total. The summed E-state index contributed by atoms with van der Waals surface area (Å²) in [6.45, 7) is 2.51. The van der Waals surface area contributed by atoms with Gasteiger partial charge < -0.3 is 9.84 Å². The van der Waals surface area contributed by atoms with Gasteiger partial charge in [0.15, 0.2) is 0 Å². The fourth-order valence-corrected chi connectivity index (χ4v) is 3.40. The summed E-state index contributed by atoms with van der Waals surface area (Å²) >= 11 is 0. The predicted octanol–water partition coefficient (Wildman–Crippen LogP) is 2.37. The average Bonchev–Trinajstić information content (AvgIpc) is 2.58. The summed E-state index contributed by atoms with van der Waals surface area (Å²) in [7, 11) is -3.30. The fourth-order valence-electron chi connectivity index (χ4n) is 2.29. The maximum Gasteiger partial charge on any atom is 0.329 e. The van der Waals surface area contributed by atoms with Crippen molar-refractivity contribution in [1.82, 2.24) is 4.72 Å². The molecule has 0 atom stereocenters. The Kier molecular flexibility index (Phi) is 10.4. The van der Waals surface area contributed by atoms with E-state index in [0.717, 1.165) is 18.4 Å². The SMILES string of the molecule is CCCCc1ccc(CCS(=O)(=O)NCCCCOCC(=O)O)cc1. The second-order valence-electron chi connectivity index (χ2n) is 6.04. The molecule has 0 aliphatic heterocycles. The zero-order chi connectivity index (χ0) is 18.5. The molecule has 0 unspecified atom stereocenters. The number of aryl methyl sites for hydroxylation is 2. The van der Waals surface area contributed by atoms with Crippen LogP contribution >= 0.6 is 0 Å². The van der Waals surface area contributed by atoms with E-state index in [1.54, 1.807) is 0 Å². The number of unbranched alkanes of at least 4 members (excludes halogenated alkanes) is 2. The van der Waals surface area contributed by atoms with Gasteiger partial charge in [0.25, 0.3) is 0 Å². The second kappa shape index (κ2) is 12.0. The third-order valence-corrected chi connectivity index (χ3v) is 5.15. The molecule has 25 heavy (non-hydrogen) atoms. The van der Waals surface area contributed by atoms with Crippen molar-refractivity contribution in [1.29, 1.82) is 0 Å². The lowest BCUT2D eigenvalue weighted by atomic mass is 10.1. The zero-order valence-corrected chi connectivity index (χ0v) is 15.7. The van der Waals surface area contributed by atoms with Crippen LogP contribution in [0.3, 0.4) is 0 Å². The Morgan fingerprint density at radius 3 is 2.32 bits per heavy atom. The van der Waals surface area contributed by atoms with Crippen molar-refractivity contribution in [2.75, 3.05) is 25.5 Å². The van der Waals surface area contributed by atoms with Gasteiger partial charge in [0.1, 0.15) is 6.61 Å². The molecule has 142 valence electrons. The number of aliphatic carboxylic acids is 1. The van der Waals surface area contributed by atoms with Crippen molar-refractivity contribution < 1.29 is 23.1 Å². The fraction of sp³-hybridized carbons (Fsp3) is 0.611. The molecular weight excluding hydrogens is 342 g/mol. The van der Waals surface area contributed by atoms with Crippen molar-refractivity contribution in [3.8, 4) is 0 Å². The monoisotopic (exact) mass is 371 g/mol. The highest BCUT2D eigenvalue weighted by atomic mass is 32.2. The largest absolute Gasteiger partial charge is 0.480 e. The molecule has 0 aliphatic rings. The lowest BCUT2D eigenvalue weighted by Crippen LogP contribution is -2.28. The summed E-state index contributed by atoms with van der Waals surface area (Å²) in [5.41, 5.74) is 2.31. The van der Waals surface area contributed by atoms with E-state index in [9.17, 15) is 13.2 Å². The van der Waals surface area contributed by atoms with Crippen LogP contribution in [0.25, 0.3) is 0 Å². The molecule has 7 heteroatoms. The average molecular weight is 371 g/mol. The van der Waals surface area contributed by atoms with Crippen molar-refractivity contribution in [2.45, 2.75) is 45.4 Å². The minimum Gasteiger partial charge on any atom is -0.480 e. The number of carboxylic acid groups (broad SMARTS) is 1. The van der Waals surface area contributed by atoms with Gasteiger partial charge in [0.05, 0.1) is 5.75 Å². The molecule has 0 saturated heterocycles. The molecule has 0 radical (unpaired) electrons. The number of hydrogen-bond donors (Lipinski definition) is 2. The molecule has 0 saturated carbocycles. The van der Waals surface area contributed by atoms with Crippen molar-refractivity contribution >= 4 is 16.0 Å². The van der Waals surface area contributed by atoms with Gasteiger partial charge >= 0.3 is 5.97 Å². The highest BCUT2D eigenvalue weighted by molar-refractivity contribution is 7.89. The molecule has 0 amide bonds. The van der Waals surface area contributed by atoms with Gasteiger partial charge in [-0.1, -0.05) is 37.6 Å². The summed E-state index contributed by atoms with van der Waals surface area (Å²) in [5.74, 6) is -0.935. The summed E-state index contributed by atoms with van der Waals surface area (Å²) in [6.07, 6.45) is 5.12. The highest BCUT2D eigenvalue weighted by Gasteiger charge is 2.09. The third-order valence-electron chi connectivity index (χ3n) is 3.76. The van der Waals surface area contributed by atoms with E-state index in [4.69, 9.17) is 9.84 Å². The zero-order valence-electron chi connectivity index (χ0n) is 14.9. The van der Waals surface area contributed by atoms with Gasteiger partial charge in [0, 0.05) is 13.2 Å². The molecule has 1 aromatic carbocycles. The second-order valence-corrected chi connectivity index (χ2v) is 7.96. The third kappa shape index (κ3) is 10.9. The smallest absolute Gasteiger partial charge is 0.329 e. The van der Waals surface area contributed by atoms with E-state index in [1.165, 1.54) is 12.0 Å². The Bertz CT molecular complexity index is 598. The van der Waals surface area contributed by atoms with Gasteiger partial charge in [-0.25, -0.2) is 17.9 Å². The van der Waals surface area contributed by atoms with Crippen LogP contribution in [0.5, 0.6) is 0 Å². The molecule has 2 N–H and O–H groups in total. The molecule has 0 aromatic heterocycles. The van der Waals surface area contributed by atoms with Crippen molar-refractivity contribution in [3.63, 3.8) is 0 Å². The van der Waals surface area contributed by atoms with Crippen LogP contribution in [0.4, 0.5) is 0 Å². The first kappa shape index (κ1) is 21.6. The lowest BCUT2D eigenvalue weighted by Gasteiger charge is -2.08. The van der Waals surface area contributed by atoms with Gasteiger partial charge in [-0.3, -0.25) is 0 Å². The number of sulfonamides is 1. The Balaban J connectivity index is 2.21. The minimum atomic E-state index is -3.30. The van der Waals surface area contributed by atoms with Gasteiger partial charge in [-0.15, -0.1) is 0 Å². The van der Waals surface area contributed by atoms with Crippen LogP contribution in [-0.2, 0) is 32.4 Å². The number of carboxylic acids is 1. The van der Waals surface area contributed by atoms with Crippen molar-refractivity contribution in [2.24, 2.45) is 0 Å². The van der Waals surface area contributed by atoms with Gasteiger partial charge in [0.2, 0.25) is 10.0 Å². The summed E-state index contributed by atoms with van der Waals surface area (Å²) < 4.78 is 31.4. The first-order chi connectivity index (χ1) is 11.9. The normalized spacial score (nSPS) is 11.6. The maximum absolute atomic E-state index is 12.0. The molecule has 0 bridgehead atoms. The Morgan fingerprint density at radius 2 is 1.72 bits per heavy atom. The molecule has 1 aromatic rings. The number of carbonyl (C=O) groups is 1. The Morgan fingerprint density at radius 1 is 1.08 bits per heavy atom. The first-order valence-electron chi connectivity index (χ1n) is 8.77. The van der Waals surface area contributed by atoms with E-state index in [-0.39, 0.29) is 12.4 Å². The van der Waals surface area contributed by atoms with Crippen molar-refractivity contribution in [3.05, 3.63) is 35.4 Å². The van der Waals surface area contributed by atoms with Crippen LogP contribution in [-0.4, -0.2) is 45.0 Å². The summed E-state index contributed by atoms with van der Waals surface area (Å²) in [5, 5.41) is 8.41. The Labute approximate surface area is 150 Å². The molecule has 0 heterocycles. The lowest BCUT2D eigenvalue weighted by molar-refractivity contribution is -0.142. The maximum atomic E-state index is 12.0. The van der Waals surface area contributed by atoms with Crippen LogP contribution in [0.2, 0.25) is 0 Å². The van der Waals surface area contributed by atoms with E-state index >= 15 is 0 Å². The van der Waals surface area contributed by atoms with E-state index in [2.05, 4.69) is 23.8 Å². The van der Waals surface area contributed by atoms with Gasteiger partial charge in [-0.2, -0.15) is 0 Å². The number of nitrogens with one attached hydrogen (secondary N) is 1. The molecule has 1 rings (SSSR count). The van der Waals surface area contributed by atoms with Crippen LogP contribution in [0.15, 0.2) is 24.3 Å². The Hall–Kier alpha value is -1.44.